The summed E-state index contributed by atoms with van der Waals surface area (Å²) in [6, 6.07) is 4.76. The van der Waals surface area contributed by atoms with E-state index in [4.69, 9.17) is 10.2 Å². The highest BCUT2D eigenvalue weighted by molar-refractivity contribution is 7.98. The summed E-state index contributed by atoms with van der Waals surface area (Å²) in [5.41, 5.74) is 0.322. The van der Waals surface area contributed by atoms with Crippen molar-refractivity contribution in [2.45, 2.75) is 12.5 Å². The monoisotopic (exact) mass is 269 g/mol. The number of phenolic OH excluding ortho intramolecular Hbond substituents is 1. The number of carboxylic acid groups (broad SMARTS) is 1. The second-order valence-electron chi connectivity index (χ2n) is 3.69. The lowest BCUT2D eigenvalue weighted by molar-refractivity contribution is -0.139. The van der Waals surface area contributed by atoms with Crippen LogP contribution in [0.5, 0.6) is 5.75 Å². The van der Waals surface area contributed by atoms with Gasteiger partial charge in [0.1, 0.15) is 11.8 Å². The van der Waals surface area contributed by atoms with Gasteiger partial charge in [-0.05, 0) is 42.7 Å². The first-order valence-electron chi connectivity index (χ1n) is 5.36. The van der Waals surface area contributed by atoms with Crippen molar-refractivity contribution in [3.8, 4) is 5.75 Å². The summed E-state index contributed by atoms with van der Waals surface area (Å²) >= 11 is 1.52. The van der Waals surface area contributed by atoms with Crippen LogP contribution in [0.3, 0.4) is 0 Å². The summed E-state index contributed by atoms with van der Waals surface area (Å²) in [6.07, 6.45) is 2.25. The van der Waals surface area contributed by atoms with E-state index in [2.05, 4.69) is 5.32 Å². The molecule has 1 atom stereocenters. The van der Waals surface area contributed by atoms with Crippen LogP contribution in [0.15, 0.2) is 24.3 Å². The molecule has 0 unspecified atom stereocenters. The van der Waals surface area contributed by atoms with Gasteiger partial charge >= 0.3 is 5.97 Å². The van der Waals surface area contributed by atoms with Crippen molar-refractivity contribution in [3.05, 3.63) is 29.8 Å². The van der Waals surface area contributed by atoms with E-state index in [0.29, 0.717) is 17.7 Å². The zero-order valence-electron chi connectivity index (χ0n) is 9.92. The minimum Gasteiger partial charge on any atom is -0.508 e. The molecule has 0 heterocycles. The predicted octanol–water partition coefficient (Wildman–Crippen LogP) is 1.33. The molecule has 0 fully saturated rings. The van der Waals surface area contributed by atoms with E-state index in [1.807, 2.05) is 6.26 Å². The lowest BCUT2D eigenvalue weighted by Gasteiger charge is -2.13. The fraction of sp³-hybridized carbons (Fsp3) is 0.333. The van der Waals surface area contributed by atoms with Crippen molar-refractivity contribution < 1.29 is 19.8 Å². The van der Waals surface area contributed by atoms with Gasteiger partial charge in [0.2, 0.25) is 0 Å². The minimum absolute atomic E-state index is 0.0590. The Hall–Kier alpha value is -1.69. The number of hydrogen-bond acceptors (Lipinski definition) is 4. The molecular formula is C12H15NO4S. The third kappa shape index (κ3) is 4.29. The lowest BCUT2D eigenvalue weighted by atomic mass is 10.1. The van der Waals surface area contributed by atoms with Crippen molar-refractivity contribution in [2.24, 2.45) is 0 Å². The van der Waals surface area contributed by atoms with Gasteiger partial charge < -0.3 is 15.5 Å². The van der Waals surface area contributed by atoms with Crippen LogP contribution in [-0.4, -0.2) is 40.1 Å². The van der Waals surface area contributed by atoms with E-state index >= 15 is 0 Å². The molecule has 0 saturated heterocycles. The quantitative estimate of drug-likeness (QED) is 0.725. The molecule has 0 aliphatic rings. The average molecular weight is 269 g/mol. The van der Waals surface area contributed by atoms with E-state index in [-0.39, 0.29) is 5.75 Å². The van der Waals surface area contributed by atoms with Crippen LogP contribution >= 0.6 is 11.8 Å². The largest absolute Gasteiger partial charge is 0.508 e. The summed E-state index contributed by atoms with van der Waals surface area (Å²) in [5.74, 6) is -0.782. The highest BCUT2D eigenvalue weighted by Crippen LogP contribution is 2.10. The highest BCUT2D eigenvalue weighted by Gasteiger charge is 2.19. The molecule has 0 saturated carbocycles. The third-order valence-electron chi connectivity index (χ3n) is 2.34. The van der Waals surface area contributed by atoms with E-state index in [1.165, 1.54) is 36.0 Å². The Kier molecular flexibility index (Phi) is 5.51. The van der Waals surface area contributed by atoms with Crippen molar-refractivity contribution in [3.63, 3.8) is 0 Å². The van der Waals surface area contributed by atoms with Gasteiger partial charge in [-0.25, -0.2) is 4.79 Å². The Bertz CT molecular complexity index is 419. The minimum atomic E-state index is -1.05. The molecule has 1 amide bonds. The molecule has 18 heavy (non-hydrogen) atoms. The number of carbonyl (C=O) groups excluding carboxylic acids is 1. The highest BCUT2D eigenvalue weighted by atomic mass is 32.2. The number of aliphatic carboxylic acids is 1. The van der Waals surface area contributed by atoms with Crippen LogP contribution in [-0.2, 0) is 4.79 Å². The van der Waals surface area contributed by atoms with Gasteiger partial charge in [-0.2, -0.15) is 11.8 Å². The first-order valence-corrected chi connectivity index (χ1v) is 6.75. The standard InChI is InChI=1S/C12H15NO4S/c1-18-7-6-10(12(16)17)13-11(15)8-2-4-9(14)5-3-8/h2-5,10,14H,6-7H2,1H3,(H,13,15)(H,16,17)/t10-/m1/s1. The SMILES string of the molecule is CSCC[C@@H](NC(=O)c1ccc(O)cc1)C(=O)O. The van der Waals surface area contributed by atoms with Crippen molar-refractivity contribution in [1.29, 1.82) is 0 Å². The summed E-state index contributed by atoms with van der Waals surface area (Å²) in [5, 5.41) is 20.5. The molecule has 6 heteroatoms. The third-order valence-corrected chi connectivity index (χ3v) is 2.99. The molecule has 0 spiro atoms. The molecule has 98 valence electrons. The van der Waals surface area contributed by atoms with Gasteiger partial charge in [-0.15, -0.1) is 0 Å². The Balaban J connectivity index is 2.66. The van der Waals surface area contributed by atoms with Crippen LogP contribution in [0.2, 0.25) is 0 Å². The van der Waals surface area contributed by atoms with Gasteiger partial charge in [0.15, 0.2) is 0 Å². The molecule has 1 rings (SSSR count). The maximum Gasteiger partial charge on any atom is 0.326 e. The number of carbonyl (C=O) groups is 2. The number of nitrogens with one attached hydrogen (secondary N) is 1. The summed E-state index contributed by atoms with van der Waals surface area (Å²) in [7, 11) is 0. The summed E-state index contributed by atoms with van der Waals surface area (Å²) in [6.45, 7) is 0. The van der Waals surface area contributed by atoms with Gasteiger partial charge in [-0.3, -0.25) is 4.79 Å². The number of rotatable bonds is 6. The Labute approximate surface area is 109 Å². The number of amides is 1. The van der Waals surface area contributed by atoms with Crippen LogP contribution in [0.1, 0.15) is 16.8 Å². The molecule has 0 aliphatic carbocycles. The molecule has 3 N–H and O–H groups in total. The van der Waals surface area contributed by atoms with E-state index < -0.39 is 17.9 Å². The fourth-order valence-corrected chi connectivity index (χ4v) is 1.82. The molecule has 0 aliphatic heterocycles. The van der Waals surface area contributed by atoms with E-state index in [9.17, 15) is 9.59 Å². The zero-order valence-corrected chi connectivity index (χ0v) is 10.7. The Morgan fingerprint density at radius 2 is 1.94 bits per heavy atom. The van der Waals surface area contributed by atoms with E-state index in [0.717, 1.165) is 0 Å². The van der Waals surface area contributed by atoms with Crippen LogP contribution in [0.4, 0.5) is 0 Å². The van der Waals surface area contributed by atoms with Gasteiger partial charge in [0.05, 0.1) is 0 Å². The zero-order chi connectivity index (χ0) is 13.5. The molecule has 1 aromatic carbocycles. The first-order chi connectivity index (χ1) is 8.54. The van der Waals surface area contributed by atoms with Crippen LogP contribution < -0.4 is 5.32 Å². The average Bonchev–Trinajstić information content (AvgIpc) is 2.34. The number of benzene rings is 1. The first kappa shape index (κ1) is 14.4. The van der Waals surface area contributed by atoms with Crippen molar-refractivity contribution >= 4 is 23.6 Å². The van der Waals surface area contributed by atoms with Crippen molar-refractivity contribution in [1.82, 2.24) is 5.32 Å². The number of hydrogen-bond donors (Lipinski definition) is 3. The molecule has 1 aromatic rings. The smallest absolute Gasteiger partial charge is 0.326 e. The number of thioether (sulfide) groups is 1. The molecule has 5 nitrogen and oxygen atoms in total. The van der Waals surface area contributed by atoms with Gasteiger partial charge in [0.25, 0.3) is 5.91 Å². The Morgan fingerprint density at radius 3 is 2.44 bits per heavy atom. The maximum atomic E-state index is 11.8. The Morgan fingerprint density at radius 1 is 1.33 bits per heavy atom. The fourth-order valence-electron chi connectivity index (χ4n) is 1.35. The molecule has 0 aromatic heterocycles. The van der Waals surface area contributed by atoms with Gasteiger partial charge in [0, 0.05) is 5.56 Å². The van der Waals surface area contributed by atoms with Gasteiger partial charge in [-0.1, -0.05) is 0 Å². The molecule has 0 bridgehead atoms. The predicted molar refractivity (Wildman–Crippen MR) is 70.0 cm³/mol. The normalized spacial score (nSPS) is 11.8. The molecule has 0 radical (unpaired) electrons. The van der Waals surface area contributed by atoms with Crippen molar-refractivity contribution in [2.75, 3.05) is 12.0 Å². The summed E-state index contributed by atoms with van der Waals surface area (Å²) in [4.78, 5) is 22.7. The molecular weight excluding hydrogens is 254 g/mol. The number of aromatic hydroxyl groups is 1. The summed E-state index contributed by atoms with van der Waals surface area (Å²) < 4.78 is 0. The number of carboxylic acids is 1. The van der Waals surface area contributed by atoms with E-state index in [1.54, 1.807) is 0 Å². The second-order valence-corrected chi connectivity index (χ2v) is 4.68. The van der Waals surface area contributed by atoms with Crippen LogP contribution in [0, 0.1) is 0 Å². The number of phenols is 1. The topological polar surface area (TPSA) is 86.6 Å². The maximum absolute atomic E-state index is 11.8. The lowest BCUT2D eigenvalue weighted by Crippen LogP contribution is -2.41. The van der Waals surface area contributed by atoms with Crippen LogP contribution in [0.25, 0.3) is 0 Å². The second kappa shape index (κ2) is 6.90.